The predicted molar refractivity (Wildman–Crippen MR) is 152 cm³/mol. The van der Waals surface area contributed by atoms with Gasteiger partial charge >= 0.3 is 17.9 Å². The molecule has 0 aromatic heterocycles. The summed E-state index contributed by atoms with van der Waals surface area (Å²) in [6.45, 7) is 7.27. The van der Waals surface area contributed by atoms with Crippen molar-refractivity contribution in [2.45, 2.75) is 12.8 Å². The molecule has 41 heavy (non-hydrogen) atoms. The van der Waals surface area contributed by atoms with Crippen LogP contribution >= 0.6 is 0 Å². The minimum atomic E-state index is -0.656. The van der Waals surface area contributed by atoms with Crippen LogP contribution in [0.2, 0.25) is 0 Å². The van der Waals surface area contributed by atoms with E-state index in [4.69, 9.17) is 28.8 Å². The lowest BCUT2D eigenvalue weighted by atomic mass is 10.0. The van der Waals surface area contributed by atoms with Gasteiger partial charge in [-0.25, -0.2) is 14.4 Å². The van der Waals surface area contributed by atoms with Gasteiger partial charge < -0.3 is 28.8 Å². The van der Waals surface area contributed by atoms with Gasteiger partial charge in [-0.2, -0.15) is 0 Å². The Morgan fingerprint density at radius 1 is 0.683 bits per heavy atom. The second-order valence-corrected chi connectivity index (χ2v) is 8.64. The van der Waals surface area contributed by atoms with Crippen LogP contribution in [0, 0.1) is 0 Å². The molecule has 0 spiro atoms. The summed E-state index contributed by atoms with van der Waals surface area (Å²) in [5.74, 6) is 0.0667. The lowest BCUT2D eigenvalue weighted by Crippen LogP contribution is -2.14. The van der Waals surface area contributed by atoms with Gasteiger partial charge in [0.1, 0.15) is 30.5 Å². The second kappa shape index (κ2) is 16.3. The van der Waals surface area contributed by atoms with Gasteiger partial charge in [0, 0.05) is 6.08 Å². The van der Waals surface area contributed by atoms with Crippen molar-refractivity contribution >= 4 is 17.9 Å². The van der Waals surface area contributed by atoms with Crippen LogP contribution in [0.1, 0.15) is 23.2 Å². The molecular formula is C32H32O9. The number of aliphatic hydroxyl groups is 1. The number of hydrogen-bond acceptors (Lipinski definition) is 9. The first kappa shape index (κ1) is 30.6. The highest BCUT2D eigenvalue weighted by atomic mass is 16.6. The molecule has 0 radical (unpaired) electrons. The van der Waals surface area contributed by atoms with E-state index < -0.39 is 24.5 Å². The first-order valence-electron chi connectivity index (χ1n) is 12.9. The average Bonchev–Trinajstić information content (AvgIpc) is 3.01. The van der Waals surface area contributed by atoms with Crippen LogP contribution in [-0.4, -0.2) is 56.0 Å². The first-order valence-corrected chi connectivity index (χ1v) is 12.9. The van der Waals surface area contributed by atoms with Crippen molar-refractivity contribution in [2.75, 3.05) is 33.0 Å². The molecule has 0 aliphatic rings. The van der Waals surface area contributed by atoms with Crippen LogP contribution < -0.4 is 14.2 Å². The third kappa shape index (κ3) is 10.3. The Labute approximate surface area is 238 Å². The molecule has 9 heteroatoms. The van der Waals surface area contributed by atoms with E-state index in [1.807, 2.05) is 24.3 Å². The normalized spacial score (nSPS) is 10.3. The van der Waals surface area contributed by atoms with Crippen LogP contribution in [0.5, 0.6) is 17.2 Å². The van der Waals surface area contributed by atoms with E-state index in [0.29, 0.717) is 42.4 Å². The maximum absolute atomic E-state index is 12.6. The smallest absolute Gasteiger partial charge is 0.343 e. The Bertz CT molecular complexity index is 1310. The van der Waals surface area contributed by atoms with Gasteiger partial charge in [-0.15, -0.1) is 0 Å². The molecule has 0 unspecified atom stereocenters. The van der Waals surface area contributed by atoms with E-state index in [1.165, 1.54) is 0 Å². The number of rotatable bonds is 16. The number of aliphatic hydroxyl groups excluding tert-OH is 1. The molecule has 0 atom stereocenters. The molecular weight excluding hydrogens is 528 g/mol. The van der Waals surface area contributed by atoms with Gasteiger partial charge in [0.25, 0.3) is 0 Å². The first-order chi connectivity index (χ1) is 19.9. The molecule has 0 heterocycles. The average molecular weight is 561 g/mol. The standard InChI is InChI=1S/C32H32O9/c1-3-30(34)39-19-5-4-18-37-28-14-16-29(17-15-28)41-32(36)26-8-6-24(7-9-26)25-10-12-27(13-11-25)38-20-21-40-31(35)23(2)22-33/h3,6-17,33H,1-2,4-5,18-22H2. The highest BCUT2D eigenvalue weighted by molar-refractivity contribution is 5.91. The maximum Gasteiger partial charge on any atom is 0.343 e. The molecule has 3 rings (SSSR count). The van der Waals surface area contributed by atoms with E-state index in [2.05, 4.69) is 13.2 Å². The number of carbonyl (C=O) groups is 3. The summed E-state index contributed by atoms with van der Waals surface area (Å²) in [6, 6.07) is 21.1. The predicted octanol–water partition coefficient (Wildman–Crippen LogP) is 4.93. The van der Waals surface area contributed by atoms with Gasteiger partial charge in [-0.1, -0.05) is 37.4 Å². The molecule has 3 aromatic rings. The second-order valence-electron chi connectivity index (χ2n) is 8.64. The summed E-state index contributed by atoms with van der Waals surface area (Å²) in [5.41, 5.74) is 2.23. The summed E-state index contributed by atoms with van der Waals surface area (Å²) in [4.78, 5) is 35.0. The number of unbranched alkanes of at least 4 members (excludes halogenated alkanes) is 1. The quantitative estimate of drug-likeness (QED) is 0.113. The fourth-order valence-corrected chi connectivity index (χ4v) is 3.40. The minimum absolute atomic E-state index is 0.0102. The number of ether oxygens (including phenoxy) is 5. The Hall–Kier alpha value is -4.89. The van der Waals surface area contributed by atoms with E-state index in [0.717, 1.165) is 23.6 Å². The lowest BCUT2D eigenvalue weighted by Gasteiger charge is -2.09. The molecule has 0 saturated heterocycles. The minimum Gasteiger partial charge on any atom is -0.494 e. The molecule has 0 bridgehead atoms. The zero-order chi connectivity index (χ0) is 29.5. The van der Waals surface area contributed by atoms with Gasteiger partial charge in [0.2, 0.25) is 0 Å². The number of hydrogen-bond donors (Lipinski definition) is 1. The molecule has 214 valence electrons. The van der Waals surface area contributed by atoms with Crippen LogP contribution in [0.3, 0.4) is 0 Å². The highest BCUT2D eigenvalue weighted by Crippen LogP contribution is 2.24. The molecule has 0 aliphatic heterocycles. The van der Waals surface area contributed by atoms with Crippen molar-refractivity contribution in [2.24, 2.45) is 0 Å². The molecule has 0 aliphatic carbocycles. The topological polar surface area (TPSA) is 118 Å². The lowest BCUT2D eigenvalue weighted by molar-refractivity contribution is -0.140. The van der Waals surface area contributed by atoms with Crippen LogP contribution in [0.25, 0.3) is 11.1 Å². The molecule has 0 fully saturated rings. The molecule has 3 aromatic carbocycles. The third-order valence-corrected chi connectivity index (χ3v) is 5.63. The zero-order valence-electron chi connectivity index (χ0n) is 22.6. The fourth-order valence-electron chi connectivity index (χ4n) is 3.40. The molecule has 1 N–H and O–H groups in total. The highest BCUT2D eigenvalue weighted by Gasteiger charge is 2.10. The SMILES string of the molecule is C=CC(=O)OCCCCOc1ccc(OC(=O)c2ccc(-c3ccc(OCCOC(=O)C(=C)CO)cc3)cc2)cc1. The summed E-state index contributed by atoms with van der Waals surface area (Å²) < 4.78 is 26.5. The van der Waals surface area contributed by atoms with Crippen LogP contribution in [-0.2, 0) is 19.1 Å². The third-order valence-electron chi connectivity index (χ3n) is 5.63. The summed E-state index contributed by atoms with van der Waals surface area (Å²) >= 11 is 0. The zero-order valence-corrected chi connectivity index (χ0v) is 22.6. The van der Waals surface area contributed by atoms with Crippen molar-refractivity contribution < 1.29 is 43.2 Å². The number of carbonyl (C=O) groups excluding carboxylic acids is 3. The fraction of sp³-hybridized carbons (Fsp3) is 0.219. The molecule has 9 nitrogen and oxygen atoms in total. The van der Waals surface area contributed by atoms with Crippen molar-refractivity contribution in [3.63, 3.8) is 0 Å². The monoisotopic (exact) mass is 560 g/mol. The van der Waals surface area contributed by atoms with Gasteiger partial charge in [-0.3, -0.25) is 0 Å². The van der Waals surface area contributed by atoms with Gasteiger partial charge in [0.15, 0.2) is 0 Å². The van der Waals surface area contributed by atoms with E-state index in [1.54, 1.807) is 48.5 Å². The van der Waals surface area contributed by atoms with E-state index in [9.17, 15) is 14.4 Å². The van der Waals surface area contributed by atoms with Crippen molar-refractivity contribution in [1.29, 1.82) is 0 Å². The Balaban J connectivity index is 1.41. The molecule has 0 amide bonds. The molecule has 0 saturated carbocycles. The van der Waals surface area contributed by atoms with Gasteiger partial charge in [-0.05, 0) is 72.5 Å². The maximum atomic E-state index is 12.6. The van der Waals surface area contributed by atoms with E-state index in [-0.39, 0.29) is 18.8 Å². The number of benzene rings is 3. The Morgan fingerprint density at radius 3 is 1.83 bits per heavy atom. The van der Waals surface area contributed by atoms with Crippen LogP contribution in [0.15, 0.2) is 97.6 Å². The van der Waals surface area contributed by atoms with Crippen molar-refractivity contribution in [3.05, 3.63) is 103 Å². The summed E-state index contributed by atoms with van der Waals surface area (Å²) in [6.07, 6.45) is 2.53. The van der Waals surface area contributed by atoms with E-state index >= 15 is 0 Å². The summed E-state index contributed by atoms with van der Waals surface area (Å²) in [5, 5.41) is 8.86. The van der Waals surface area contributed by atoms with Crippen molar-refractivity contribution in [1.82, 2.24) is 0 Å². The Kier molecular flexibility index (Phi) is 12.2. The number of esters is 3. The van der Waals surface area contributed by atoms with Crippen LogP contribution in [0.4, 0.5) is 0 Å². The largest absolute Gasteiger partial charge is 0.494 e. The van der Waals surface area contributed by atoms with Crippen molar-refractivity contribution in [3.8, 4) is 28.4 Å². The summed E-state index contributed by atoms with van der Waals surface area (Å²) in [7, 11) is 0. The Morgan fingerprint density at radius 2 is 1.22 bits per heavy atom. The van der Waals surface area contributed by atoms with Gasteiger partial charge in [0.05, 0.1) is 31.0 Å².